The van der Waals surface area contributed by atoms with Crippen molar-refractivity contribution in [3.05, 3.63) is 89.6 Å². The van der Waals surface area contributed by atoms with E-state index in [1.807, 2.05) is 42.6 Å². The average Bonchev–Trinajstić information content (AvgIpc) is 3.27. The number of carbonyl (C=O) groups excluding carboxylic acids is 1. The second kappa shape index (κ2) is 10.2. The molecule has 0 saturated heterocycles. The van der Waals surface area contributed by atoms with Crippen LogP contribution in [0.5, 0.6) is 17.2 Å². The average molecular weight is 466 g/mol. The first-order valence-corrected chi connectivity index (χ1v) is 10.6. The van der Waals surface area contributed by atoms with Crippen LogP contribution in [0.2, 0.25) is 0 Å². The van der Waals surface area contributed by atoms with Gasteiger partial charge in [-0.15, -0.1) is 0 Å². The Morgan fingerprint density at radius 3 is 2.41 bits per heavy atom. The van der Waals surface area contributed by atoms with E-state index in [4.69, 9.17) is 9.47 Å². The Labute approximate surface area is 195 Å². The highest BCUT2D eigenvalue weighted by atomic mass is 19.3. The number of amides is 1. The predicted molar refractivity (Wildman–Crippen MR) is 125 cm³/mol. The van der Waals surface area contributed by atoms with Gasteiger partial charge in [-0.05, 0) is 29.8 Å². The zero-order valence-corrected chi connectivity index (χ0v) is 18.7. The van der Waals surface area contributed by atoms with Crippen LogP contribution in [-0.2, 0) is 0 Å². The van der Waals surface area contributed by atoms with Crippen molar-refractivity contribution in [3.8, 4) is 17.2 Å². The Hall–Kier alpha value is -4.07. The highest BCUT2D eigenvalue weighted by Gasteiger charge is 2.25. The van der Waals surface area contributed by atoms with Crippen LogP contribution in [-0.4, -0.2) is 38.3 Å². The number of aromatic amines is 1. The predicted octanol–water partition coefficient (Wildman–Crippen LogP) is 5.35. The number of nitrogens with one attached hydrogen (secondary N) is 2. The Morgan fingerprint density at radius 2 is 1.65 bits per heavy atom. The van der Waals surface area contributed by atoms with Gasteiger partial charge in [-0.2, -0.15) is 8.78 Å². The molecule has 34 heavy (non-hydrogen) atoms. The fourth-order valence-corrected chi connectivity index (χ4v) is 4.10. The van der Waals surface area contributed by atoms with Gasteiger partial charge in [0.15, 0.2) is 11.5 Å². The van der Waals surface area contributed by atoms with Gasteiger partial charge in [0, 0.05) is 35.1 Å². The standard InChI is InChI=1S/C26H24F2N2O4/c1-32-23-13-7-10-17(24(23)33-2)20(19-14-29-21-11-5-3-8-16(19)21)15-30-25(31)18-9-4-6-12-22(18)34-26(27)28/h3-14,20,26,29H,15H2,1-2H3,(H,30,31). The van der Waals surface area contributed by atoms with Gasteiger partial charge in [0.1, 0.15) is 5.75 Å². The lowest BCUT2D eigenvalue weighted by Gasteiger charge is -2.22. The Morgan fingerprint density at radius 1 is 0.912 bits per heavy atom. The summed E-state index contributed by atoms with van der Waals surface area (Å²) in [5, 5.41) is 3.87. The Balaban J connectivity index is 1.72. The molecule has 8 heteroatoms. The molecule has 1 aromatic heterocycles. The lowest BCUT2D eigenvalue weighted by molar-refractivity contribution is -0.0501. The molecule has 1 heterocycles. The molecule has 0 fully saturated rings. The molecule has 176 valence electrons. The molecular formula is C26H24F2N2O4. The van der Waals surface area contributed by atoms with E-state index in [9.17, 15) is 13.6 Å². The maximum atomic E-state index is 13.0. The molecule has 0 bridgehead atoms. The second-order valence-corrected chi connectivity index (χ2v) is 7.51. The molecule has 1 amide bonds. The van der Waals surface area contributed by atoms with E-state index in [-0.39, 0.29) is 23.8 Å². The molecule has 0 spiro atoms. The summed E-state index contributed by atoms with van der Waals surface area (Å²) < 4.78 is 41.3. The number of halogens is 2. The number of aromatic nitrogens is 1. The highest BCUT2D eigenvalue weighted by Crippen LogP contribution is 2.40. The Kier molecular flexibility index (Phi) is 6.96. The molecule has 6 nitrogen and oxygen atoms in total. The molecular weight excluding hydrogens is 442 g/mol. The molecule has 0 saturated carbocycles. The number of hydrogen-bond acceptors (Lipinski definition) is 4. The summed E-state index contributed by atoms with van der Waals surface area (Å²) in [5.74, 6) is 0.0803. The van der Waals surface area contributed by atoms with Crippen molar-refractivity contribution < 1.29 is 27.8 Å². The van der Waals surface area contributed by atoms with Gasteiger partial charge >= 0.3 is 6.61 Å². The van der Waals surface area contributed by atoms with Crippen LogP contribution in [0, 0.1) is 0 Å². The summed E-state index contributed by atoms with van der Waals surface area (Å²) in [6, 6.07) is 19.3. The smallest absolute Gasteiger partial charge is 0.387 e. The van der Waals surface area contributed by atoms with E-state index in [1.54, 1.807) is 26.4 Å². The third kappa shape index (κ3) is 4.66. The minimum Gasteiger partial charge on any atom is -0.493 e. The molecule has 4 aromatic rings. The summed E-state index contributed by atoms with van der Waals surface area (Å²) >= 11 is 0. The fourth-order valence-electron chi connectivity index (χ4n) is 4.10. The van der Waals surface area contributed by atoms with E-state index >= 15 is 0 Å². The van der Waals surface area contributed by atoms with Gasteiger partial charge in [0.05, 0.1) is 19.8 Å². The van der Waals surface area contributed by atoms with Gasteiger partial charge in [-0.3, -0.25) is 4.79 Å². The van der Waals surface area contributed by atoms with Crippen LogP contribution in [0.4, 0.5) is 8.78 Å². The molecule has 3 aromatic carbocycles. The number of H-pyrrole nitrogens is 1. The first-order valence-electron chi connectivity index (χ1n) is 10.6. The molecule has 0 radical (unpaired) electrons. The second-order valence-electron chi connectivity index (χ2n) is 7.51. The van der Waals surface area contributed by atoms with E-state index in [0.717, 1.165) is 22.0 Å². The maximum Gasteiger partial charge on any atom is 0.387 e. The van der Waals surface area contributed by atoms with Crippen molar-refractivity contribution in [1.82, 2.24) is 10.3 Å². The van der Waals surface area contributed by atoms with Gasteiger partial charge in [-0.25, -0.2) is 0 Å². The van der Waals surface area contributed by atoms with Crippen LogP contribution >= 0.6 is 0 Å². The SMILES string of the molecule is COc1cccc(C(CNC(=O)c2ccccc2OC(F)F)c2c[nH]c3ccccc23)c1OC. The summed E-state index contributed by atoms with van der Waals surface area (Å²) in [5.41, 5.74) is 2.73. The molecule has 1 atom stereocenters. The summed E-state index contributed by atoms with van der Waals surface area (Å²) in [6.45, 7) is -2.86. The summed E-state index contributed by atoms with van der Waals surface area (Å²) in [4.78, 5) is 16.3. The van der Waals surface area contributed by atoms with E-state index in [2.05, 4.69) is 15.0 Å². The third-order valence-corrected chi connectivity index (χ3v) is 5.62. The van der Waals surface area contributed by atoms with Gasteiger partial charge in [0.25, 0.3) is 5.91 Å². The molecule has 2 N–H and O–H groups in total. The van der Waals surface area contributed by atoms with Crippen molar-refractivity contribution in [3.63, 3.8) is 0 Å². The first kappa shape index (κ1) is 23.1. The summed E-state index contributed by atoms with van der Waals surface area (Å²) in [6.07, 6.45) is 1.90. The lowest BCUT2D eigenvalue weighted by Crippen LogP contribution is -2.29. The zero-order valence-electron chi connectivity index (χ0n) is 18.7. The van der Waals surface area contributed by atoms with Crippen LogP contribution in [0.3, 0.4) is 0 Å². The maximum absolute atomic E-state index is 13.0. The number of ether oxygens (including phenoxy) is 3. The van der Waals surface area contributed by atoms with Crippen molar-refractivity contribution in [2.45, 2.75) is 12.5 Å². The number of rotatable bonds is 9. The van der Waals surface area contributed by atoms with E-state index in [1.165, 1.54) is 18.2 Å². The van der Waals surface area contributed by atoms with Gasteiger partial charge < -0.3 is 24.5 Å². The molecule has 4 rings (SSSR count). The largest absolute Gasteiger partial charge is 0.493 e. The van der Waals surface area contributed by atoms with Crippen molar-refractivity contribution in [2.75, 3.05) is 20.8 Å². The van der Waals surface area contributed by atoms with Crippen LogP contribution < -0.4 is 19.5 Å². The molecule has 1 unspecified atom stereocenters. The number of benzene rings is 3. The monoisotopic (exact) mass is 466 g/mol. The van der Waals surface area contributed by atoms with Crippen molar-refractivity contribution in [1.29, 1.82) is 0 Å². The molecule has 0 aliphatic rings. The van der Waals surface area contributed by atoms with Gasteiger partial charge in [-0.1, -0.05) is 42.5 Å². The minimum atomic E-state index is -3.03. The topological polar surface area (TPSA) is 72.6 Å². The number of hydrogen-bond donors (Lipinski definition) is 2. The van der Waals surface area contributed by atoms with Crippen LogP contribution in [0.1, 0.15) is 27.4 Å². The molecule has 0 aliphatic heterocycles. The number of fused-ring (bicyclic) bond motifs is 1. The summed E-state index contributed by atoms with van der Waals surface area (Å²) in [7, 11) is 3.12. The fraction of sp³-hybridized carbons (Fsp3) is 0.192. The number of carbonyl (C=O) groups is 1. The quantitative estimate of drug-likeness (QED) is 0.349. The van der Waals surface area contributed by atoms with Crippen LogP contribution in [0.25, 0.3) is 10.9 Å². The molecule has 0 aliphatic carbocycles. The number of para-hydroxylation sites is 3. The lowest BCUT2D eigenvalue weighted by atomic mass is 9.89. The number of alkyl halides is 2. The zero-order chi connectivity index (χ0) is 24.1. The minimum absolute atomic E-state index is 0.0260. The Bertz CT molecular complexity index is 1290. The van der Waals surface area contributed by atoms with E-state index in [0.29, 0.717) is 11.5 Å². The third-order valence-electron chi connectivity index (χ3n) is 5.62. The first-order chi connectivity index (χ1) is 16.5. The van der Waals surface area contributed by atoms with Gasteiger partial charge in [0.2, 0.25) is 0 Å². The van der Waals surface area contributed by atoms with E-state index < -0.39 is 12.5 Å². The van der Waals surface area contributed by atoms with Crippen LogP contribution in [0.15, 0.2) is 72.9 Å². The highest BCUT2D eigenvalue weighted by molar-refractivity contribution is 5.97. The van der Waals surface area contributed by atoms with Crippen molar-refractivity contribution >= 4 is 16.8 Å². The number of methoxy groups -OCH3 is 2. The normalized spacial score (nSPS) is 11.9. The van der Waals surface area contributed by atoms with Crippen molar-refractivity contribution in [2.24, 2.45) is 0 Å².